The minimum Gasteiger partial charge on any atom is -0.373 e. The molecule has 0 atom stereocenters. The second-order valence-electron chi connectivity index (χ2n) is 10.7. The van der Waals surface area contributed by atoms with E-state index in [0.717, 1.165) is 5.69 Å². The molecule has 14 nitrogen and oxygen atoms in total. The van der Waals surface area contributed by atoms with Crippen molar-refractivity contribution in [3.05, 3.63) is 83.7 Å². The lowest BCUT2D eigenvalue weighted by Gasteiger charge is -2.17. The molecule has 242 valence electrons. The third-order valence-electron chi connectivity index (χ3n) is 7.13. The summed E-state index contributed by atoms with van der Waals surface area (Å²) < 4.78 is 4.69. The van der Waals surface area contributed by atoms with Crippen LogP contribution < -0.4 is 31.9 Å². The van der Waals surface area contributed by atoms with Gasteiger partial charge < -0.3 is 45.6 Å². The molecule has 0 aliphatic rings. The van der Waals surface area contributed by atoms with Crippen LogP contribution in [0.15, 0.2) is 61.1 Å². The third-order valence-corrected chi connectivity index (χ3v) is 7.30. The molecule has 4 aromatic rings. The molecule has 4 rings (SSSR count). The van der Waals surface area contributed by atoms with Crippen LogP contribution in [0.1, 0.15) is 48.2 Å². The van der Waals surface area contributed by atoms with Crippen LogP contribution in [0, 0.1) is 0 Å². The summed E-state index contributed by atoms with van der Waals surface area (Å²) in [6.07, 6.45) is 4.81. The van der Waals surface area contributed by atoms with E-state index < -0.39 is 23.6 Å². The van der Waals surface area contributed by atoms with E-state index in [2.05, 4.69) is 21.3 Å². The molecular weight excluding hydrogens is 614 g/mol. The molecule has 0 saturated heterocycles. The molecule has 5 amide bonds. The summed E-state index contributed by atoms with van der Waals surface area (Å²) >= 11 is 5.80. The second-order valence-corrected chi connectivity index (χ2v) is 11.0. The molecule has 0 bridgehead atoms. The number of amides is 5. The van der Waals surface area contributed by atoms with E-state index in [-0.39, 0.29) is 36.0 Å². The van der Waals surface area contributed by atoms with Gasteiger partial charge in [0.15, 0.2) is 0 Å². The van der Waals surface area contributed by atoms with Gasteiger partial charge in [0.2, 0.25) is 5.91 Å². The van der Waals surface area contributed by atoms with Gasteiger partial charge in [-0.3, -0.25) is 24.0 Å². The average molecular weight is 650 g/mol. The number of carbonyl (C=O) groups excluding carboxylic acids is 5. The molecule has 0 aliphatic heterocycles. The zero-order valence-electron chi connectivity index (χ0n) is 25.9. The van der Waals surface area contributed by atoms with Gasteiger partial charge in [0.05, 0.1) is 17.1 Å². The monoisotopic (exact) mass is 649 g/mol. The maximum absolute atomic E-state index is 13.1. The van der Waals surface area contributed by atoms with Gasteiger partial charge in [-0.15, -0.1) is 11.6 Å². The normalized spacial score (nSPS) is 10.7. The first-order valence-electron chi connectivity index (χ1n) is 14.2. The fraction of sp³-hybridized carbons (Fsp3) is 0.258. The van der Waals surface area contributed by atoms with Crippen molar-refractivity contribution < 1.29 is 24.0 Å². The predicted molar refractivity (Wildman–Crippen MR) is 177 cm³/mol. The molecule has 0 saturated carbocycles. The first kappa shape index (κ1) is 33.4. The van der Waals surface area contributed by atoms with E-state index in [1.807, 2.05) is 24.1 Å². The number of nitrogens with two attached hydrogens (primary N) is 1. The van der Waals surface area contributed by atoms with Crippen LogP contribution >= 0.6 is 11.6 Å². The third kappa shape index (κ3) is 8.15. The SMILES string of the molecule is CN(CCCl)c1ccc(C(=O)Nc2cc(C(=O)Nc3cc(C(=O)Nc4cc(C(=O)NCCC(N)=O)n(C)c4)n(C)c3)n(C)c2)cc1. The predicted octanol–water partition coefficient (Wildman–Crippen LogP) is 2.74. The van der Waals surface area contributed by atoms with Gasteiger partial charge in [-0.2, -0.15) is 0 Å². The van der Waals surface area contributed by atoms with Gasteiger partial charge >= 0.3 is 0 Å². The van der Waals surface area contributed by atoms with Crippen LogP contribution in [0.4, 0.5) is 22.7 Å². The minimum absolute atomic E-state index is 0.0114. The summed E-state index contributed by atoms with van der Waals surface area (Å²) in [5.41, 5.74) is 8.53. The maximum Gasteiger partial charge on any atom is 0.272 e. The Morgan fingerprint density at radius 1 is 0.717 bits per heavy atom. The zero-order valence-corrected chi connectivity index (χ0v) is 26.6. The van der Waals surface area contributed by atoms with Crippen molar-refractivity contribution in [2.45, 2.75) is 6.42 Å². The van der Waals surface area contributed by atoms with Crippen molar-refractivity contribution >= 4 is 63.9 Å². The molecule has 0 spiro atoms. The Hall–Kier alpha value is -5.50. The number of primary amides is 1. The van der Waals surface area contributed by atoms with Crippen LogP contribution in [0.25, 0.3) is 0 Å². The van der Waals surface area contributed by atoms with Gasteiger partial charge in [-0.05, 0) is 42.5 Å². The largest absolute Gasteiger partial charge is 0.373 e. The number of nitrogens with zero attached hydrogens (tertiary/aromatic N) is 4. The molecule has 0 aliphatic carbocycles. The highest BCUT2D eigenvalue weighted by Crippen LogP contribution is 2.21. The molecule has 0 unspecified atom stereocenters. The number of benzene rings is 1. The smallest absolute Gasteiger partial charge is 0.272 e. The Morgan fingerprint density at radius 3 is 1.59 bits per heavy atom. The van der Waals surface area contributed by atoms with E-state index in [1.165, 1.54) is 12.1 Å². The Labute approximate surface area is 270 Å². The average Bonchev–Trinajstić information content (AvgIpc) is 3.68. The number of hydrogen-bond acceptors (Lipinski definition) is 6. The standard InChI is InChI=1S/C31H36ClN9O5/c1-38(12-10-32)23-7-5-19(6-8-23)28(43)35-20-14-25(40(3)16-20)30(45)37-22-15-26(41(4)18-22)31(46)36-21-13-24(39(2)17-21)29(44)34-11-9-27(33)42/h5-8,13-18H,9-12H2,1-4H3,(H2,33,42)(H,34,44)(H,35,43)(H,36,46)(H,37,45). The first-order chi connectivity index (χ1) is 21.9. The quantitative estimate of drug-likeness (QED) is 0.139. The number of halogens is 1. The van der Waals surface area contributed by atoms with Crippen molar-refractivity contribution in [2.75, 3.05) is 46.9 Å². The van der Waals surface area contributed by atoms with Crippen LogP contribution in [0.2, 0.25) is 0 Å². The Balaban J connectivity index is 1.37. The number of rotatable bonds is 13. The van der Waals surface area contributed by atoms with E-state index >= 15 is 0 Å². The van der Waals surface area contributed by atoms with Crippen molar-refractivity contribution in [1.29, 1.82) is 0 Å². The Kier molecular flexibility index (Phi) is 10.5. The van der Waals surface area contributed by atoms with Crippen LogP contribution in [0.5, 0.6) is 0 Å². The number of aryl methyl sites for hydroxylation is 3. The number of nitrogens with one attached hydrogen (secondary N) is 4. The molecule has 3 aromatic heterocycles. The molecule has 0 fully saturated rings. The molecule has 3 heterocycles. The fourth-order valence-electron chi connectivity index (χ4n) is 4.68. The Bertz CT molecular complexity index is 1770. The minimum atomic E-state index is -0.527. The van der Waals surface area contributed by atoms with Gasteiger partial charge in [-0.1, -0.05) is 0 Å². The summed E-state index contributed by atoms with van der Waals surface area (Å²) in [5, 5.41) is 10.9. The number of carbonyl (C=O) groups is 5. The van der Waals surface area contributed by atoms with Crippen molar-refractivity contribution in [3.8, 4) is 0 Å². The van der Waals surface area contributed by atoms with Crippen molar-refractivity contribution in [2.24, 2.45) is 26.9 Å². The van der Waals surface area contributed by atoms with E-state index in [0.29, 0.717) is 35.1 Å². The highest BCUT2D eigenvalue weighted by molar-refractivity contribution is 6.18. The van der Waals surface area contributed by atoms with Crippen LogP contribution in [-0.2, 0) is 25.9 Å². The summed E-state index contributed by atoms with van der Waals surface area (Å²) in [5.74, 6) is -1.68. The Morgan fingerprint density at radius 2 is 1.15 bits per heavy atom. The molecule has 6 N–H and O–H groups in total. The van der Waals surface area contributed by atoms with E-state index in [1.54, 1.807) is 71.6 Å². The number of alkyl halides is 1. The van der Waals surface area contributed by atoms with Gasteiger partial charge in [0.25, 0.3) is 23.6 Å². The molecule has 46 heavy (non-hydrogen) atoms. The number of hydrogen-bond donors (Lipinski definition) is 5. The highest BCUT2D eigenvalue weighted by Gasteiger charge is 2.19. The maximum atomic E-state index is 13.1. The summed E-state index contributed by atoms with van der Waals surface area (Å²) in [4.78, 5) is 64.3. The van der Waals surface area contributed by atoms with Gasteiger partial charge in [0.1, 0.15) is 17.1 Å². The van der Waals surface area contributed by atoms with Crippen molar-refractivity contribution in [1.82, 2.24) is 19.0 Å². The summed E-state index contributed by atoms with van der Waals surface area (Å²) in [6.45, 7) is 0.776. The zero-order chi connectivity index (χ0) is 33.5. The van der Waals surface area contributed by atoms with E-state index in [9.17, 15) is 24.0 Å². The first-order valence-corrected chi connectivity index (χ1v) is 14.8. The number of anilines is 4. The second kappa shape index (κ2) is 14.5. The van der Waals surface area contributed by atoms with Gasteiger partial charge in [0, 0.05) is 83.4 Å². The summed E-state index contributed by atoms with van der Waals surface area (Å²) in [6, 6.07) is 11.7. The number of aromatic nitrogens is 3. The molecule has 15 heteroatoms. The molecular formula is C31H36ClN9O5. The lowest BCUT2D eigenvalue weighted by atomic mass is 10.2. The van der Waals surface area contributed by atoms with Crippen molar-refractivity contribution in [3.63, 3.8) is 0 Å². The lowest BCUT2D eigenvalue weighted by molar-refractivity contribution is -0.117. The topological polar surface area (TPSA) is 178 Å². The van der Waals surface area contributed by atoms with Crippen LogP contribution in [0.3, 0.4) is 0 Å². The fourth-order valence-corrected chi connectivity index (χ4v) is 4.94. The highest BCUT2D eigenvalue weighted by atomic mass is 35.5. The van der Waals surface area contributed by atoms with E-state index in [4.69, 9.17) is 17.3 Å². The van der Waals surface area contributed by atoms with Crippen LogP contribution in [-0.4, -0.2) is 69.3 Å². The summed E-state index contributed by atoms with van der Waals surface area (Å²) in [7, 11) is 6.91. The lowest BCUT2D eigenvalue weighted by Crippen LogP contribution is -2.29. The van der Waals surface area contributed by atoms with Gasteiger partial charge in [-0.25, -0.2) is 0 Å². The molecule has 0 radical (unpaired) electrons. The molecule has 1 aromatic carbocycles.